The molecule has 4 aliphatic carbocycles. The van der Waals surface area contributed by atoms with E-state index in [0.717, 1.165) is 31.3 Å². The van der Waals surface area contributed by atoms with E-state index in [1.54, 1.807) is 12.5 Å². The number of hydrogen-bond donors (Lipinski definition) is 1. The van der Waals surface area contributed by atoms with Gasteiger partial charge in [-0.3, -0.25) is 4.79 Å². The van der Waals surface area contributed by atoms with Crippen LogP contribution in [0.4, 0.5) is 0 Å². The van der Waals surface area contributed by atoms with Crippen molar-refractivity contribution in [1.29, 1.82) is 0 Å². The third kappa shape index (κ3) is 1.88. The lowest BCUT2D eigenvalue weighted by Crippen LogP contribution is -2.53. The first kappa shape index (κ1) is 15.4. The van der Waals surface area contributed by atoms with E-state index in [0.29, 0.717) is 17.8 Å². The van der Waals surface area contributed by atoms with Gasteiger partial charge in [0.05, 0.1) is 6.10 Å². The van der Waals surface area contributed by atoms with Crippen molar-refractivity contribution in [1.82, 2.24) is 0 Å². The van der Waals surface area contributed by atoms with Crippen molar-refractivity contribution in [3.05, 3.63) is 35.5 Å². The highest BCUT2D eigenvalue weighted by atomic mass is 16.3. The topological polar surface area (TPSA) is 37.3 Å². The molecule has 23 heavy (non-hydrogen) atoms. The van der Waals surface area contributed by atoms with Gasteiger partial charge in [0.15, 0.2) is 5.78 Å². The number of aliphatic hydroxyl groups is 1. The van der Waals surface area contributed by atoms with Crippen molar-refractivity contribution in [2.24, 2.45) is 28.6 Å². The lowest BCUT2D eigenvalue weighted by Gasteiger charge is -2.57. The second-order valence-corrected chi connectivity index (χ2v) is 8.60. The maximum Gasteiger partial charge on any atom is 0.156 e. The van der Waals surface area contributed by atoms with Crippen LogP contribution >= 0.6 is 0 Å². The van der Waals surface area contributed by atoms with Gasteiger partial charge in [-0.1, -0.05) is 43.7 Å². The molecule has 0 aliphatic heterocycles. The smallest absolute Gasteiger partial charge is 0.156 e. The molecule has 0 radical (unpaired) electrons. The van der Waals surface area contributed by atoms with Gasteiger partial charge in [-0.15, -0.1) is 0 Å². The minimum Gasteiger partial charge on any atom is -0.392 e. The molecule has 0 unspecified atom stereocenters. The van der Waals surface area contributed by atoms with Gasteiger partial charge < -0.3 is 5.11 Å². The van der Waals surface area contributed by atoms with E-state index in [4.69, 9.17) is 0 Å². The predicted octanol–water partition coefficient (Wildman–Crippen LogP) is 4.21. The van der Waals surface area contributed by atoms with Crippen LogP contribution in [-0.2, 0) is 4.79 Å². The SMILES string of the molecule is CC(=O)C1=CC[C@H]2C3=CC[C@H]4CC=CC[C@]4(C)[C@H]3C[C@@H](O)[C@]12C. The molecule has 0 aromatic carbocycles. The lowest BCUT2D eigenvalue weighted by atomic mass is 9.48. The Bertz CT molecular complexity index is 640. The van der Waals surface area contributed by atoms with Crippen molar-refractivity contribution in [3.63, 3.8) is 0 Å². The fourth-order valence-corrected chi connectivity index (χ4v) is 6.19. The Labute approximate surface area is 139 Å². The molecule has 4 rings (SSSR count). The van der Waals surface area contributed by atoms with Crippen LogP contribution in [0.25, 0.3) is 0 Å². The maximum atomic E-state index is 12.1. The molecule has 0 saturated heterocycles. The lowest BCUT2D eigenvalue weighted by molar-refractivity contribution is -0.117. The molecule has 1 saturated carbocycles. The highest BCUT2D eigenvalue weighted by Crippen LogP contribution is 2.64. The fraction of sp³-hybridized carbons (Fsp3) is 0.667. The first-order valence-corrected chi connectivity index (χ1v) is 9.13. The predicted molar refractivity (Wildman–Crippen MR) is 91.8 cm³/mol. The van der Waals surface area contributed by atoms with Gasteiger partial charge in [-0.2, -0.15) is 0 Å². The summed E-state index contributed by atoms with van der Waals surface area (Å²) >= 11 is 0. The maximum absolute atomic E-state index is 12.1. The van der Waals surface area contributed by atoms with Crippen LogP contribution in [0.1, 0.15) is 52.9 Å². The van der Waals surface area contributed by atoms with Crippen molar-refractivity contribution < 1.29 is 9.90 Å². The summed E-state index contributed by atoms with van der Waals surface area (Å²) in [5.41, 5.74) is 2.31. The third-order valence-corrected chi connectivity index (χ3v) is 7.71. The molecule has 0 spiro atoms. The average Bonchev–Trinajstić information content (AvgIpc) is 2.87. The van der Waals surface area contributed by atoms with Crippen LogP contribution in [0.3, 0.4) is 0 Å². The Morgan fingerprint density at radius 2 is 1.91 bits per heavy atom. The summed E-state index contributed by atoms with van der Waals surface area (Å²) in [6.45, 7) is 6.20. The van der Waals surface area contributed by atoms with Crippen LogP contribution in [0.2, 0.25) is 0 Å². The summed E-state index contributed by atoms with van der Waals surface area (Å²) in [6, 6.07) is 0. The number of allylic oxidation sites excluding steroid dienone is 5. The highest BCUT2D eigenvalue weighted by Gasteiger charge is 2.58. The normalized spacial score (nSPS) is 48.0. The minimum atomic E-state index is -0.409. The first-order chi connectivity index (χ1) is 10.9. The van der Waals surface area contributed by atoms with Gasteiger partial charge in [0, 0.05) is 5.41 Å². The van der Waals surface area contributed by atoms with Crippen LogP contribution in [-0.4, -0.2) is 17.0 Å². The quantitative estimate of drug-likeness (QED) is 0.736. The van der Waals surface area contributed by atoms with Gasteiger partial charge in [0.25, 0.3) is 0 Å². The molecule has 6 atom stereocenters. The summed E-state index contributed by atoms with van der Waals surface area (Å²) < 4.78 is 0. The zero-order valence-electron chi connectivity index (χ0n) is 14.5. The summed E-state index contributed by atoms with van der Waals surface area (Å²) in [7, 11) is 0. The number of rotatable bonds is 1. The van der Waals surface area contributed by atoms with E-state index in [1.165, 1.54) is 6.42 Å². The van der Waals surface area contributed by atoms with E-state index < -0.39 is 6.10 Å². The average molecular weight is 312 g/mol. The zero-order chi connectivity index (χ0) is 16.4. The largest absolute Gasteiger partial charge is 0.392 e. The van der Waals surface area contributed by atoms with Gasteiger partial charge in [-0.25, -0.2) is 0 Å². The van der Waals surface area contributed by atoms with E-state index in [9.17, 15) is 9.90 Å². The Balaban J connectivity index is 1.76. The minimum absolute atomic E-state index is 0.133. The van der Waals surface area contributed by atoms with Crippen LogP contribution in [0.15, 0.2) is 35.5 Å². The molecule has 0 aromatic rings. The number of carbonyl (C=O) groups is 1. The van der Waals surface area contributed by atoms with E-state index in [2.05, 4.69) is 38.2 Å². The fourth-order valence-electron chi connectivity index (χ4n) is 6.19. The molecular weight excluding hydrogens is 284 g/mol. The van der Waals surface area contributed by atoms with E-state index >= 15 is 0 Å². The first-order valence-electron chi connectivity index (χ1n) is 9.13. The van der Waals surface area contributed by atoms with Crippen molar-refractivity contribution in [2.45, 2.75) is 59.0 Å². The van der Waals surface area contributed by atoms with Crippen molar-refractivity contribution in [2.75, 3.05) is 0 Å². The number of aliphatic hydroxyl groups excluding tert-OH is 1. The summed E-state index contributed by atoms with van der Waals surface area (Å²) in [6.07, 6.45) is 14.0. The molecule has 0 amide bonds. The highest BCUT2D eigenvalue weighted by molar-refractivity contribution is 5.95. The molecular formula is C21H28O2. The summed E-state index contributed by atoms with van der Waals surface area (Å²) in [5.74, 6) is 1.63. The number of ketones is 1. The van der Waals surface area contributed by atoms with Crippen molar-refractivity contribution >= 4 is 5.78 Å². The molecule has 1 N–H and O–H groups in total. The van der Waals surface area contributed by atoms with Gasteiger partial charge in [-0.05, 0) is 67.8 Å². The van der Waals surface area contributed by atoms with Crippen molar-refractivity contribution in [3.8, 4) is 0 Å². The third-order valence-electron chi connectivity index (χ3n) is 7.71. The molecule has 1 fully saturated rings. The van der Waals surface area contributed by atoms with Gasteiger partial charge in [0.1, 0.15) is 0 Å². The molecule has 0 bridgehead atoms. The molecule has 124 valence electrons. The van der Waals surface area contributed by atoms with E-state index in [-0.39, 0.29) is 16.6 Å². The van der Waals surface area contributed by atoms with Gasteiger partial charge >= 0.3 is 0 Å². The molecule has 4 aliphatic rings. The summed E-state index contributed by atoms with van der Waals surface area (Å²) in [4.78, 5) is 12.1. The van der Waals surface area contributed by atoms with Crippen LogP contribution < -0.4 is 0 Å². The molecule has 0 aromatic heterocycles. The number of Topliss-reactive ketones (excluding diaryl/α,β-unsaturated/α-hetero) is 1. The Hall–Kier alpha value is -1.15. The number of hydrogen-bond acceptors (Lipinski definition) is 2. The molecule has 2 nitrogen and oxygen atoms in total. The zero-order valence-corrected chi connectivity index (χ0v) is 14.5. The van der Waals surface area contributed by atoms with Crippen LogP contribution in [0, 0.1) is 28.6 Å². The molecule has 2 heteroatoms. The van der Waals surface area contributed by atoms with Crippen LogP contribution in [0.5, 0.6) is 0 Å². The number of carbonyl (C=O) groups excluding carboxylic acids is 1. The standard InChI is InChI=1S/C21H28O2/c1-13(22)16-9-10-17-15-8-7-14-6-4-5-11-20(14,2)18(15)12-19(23)21(16,17)3/h4-5,8-9,14,17-19,23H,6-7,10-12H2,1-3H3/t14-,17+,18+,19-,20+,21-/m1/s1. The Morgan fingerprint density at radius 1 is 1.13 bits per heavy atom. The van der Waals surface area contributed by atoms with E-state index in [1.807, 2.05) is 0 Å². The Kier molecular flexibility index (Phi) is 3.29. The number of fused-ring (bicyclic) bond motifs is 5. The monoisotopic (exact) mass is 312 g/mol. The second-order valence-electron chi connectivity index (χ2n) is 8.60. The Morgan fingerprint density at radius 3 is 2.65 bits per heavy atom. The second kappa shape index (κ2) is 4.92. The summed E-state index contributed by atoms with van der Waals surface area (Å²) in [5, 5.41) is 11.1. The molecule has 0 heterocycles. The van der Waals surface area contributed by atoms with Gasteiger partial charge in [0.2, 0.25) is 0 Å².